The fourth-order valence-corrected chi connectivity index (χ4v) is 2.17. The van der Waals surface area contributed by atoms with Gasteiger partial charge in [0.05, 0.1) is 12.7 Å². The first-order chi connectivity index (χ1) is 7.75. The van der Waals surface area contributed by atoms with Gasteiger partial charge in [-0.2, -0.15) is 0 Å². The minimum atomic E-state index is -0.485. The van der Waals surface area contributed by atoms with E-state index in [9.17, 15) is 5.11 Å². The molecule has 0 aromatic heterocycles. The van der Waals surface area contributed by atoms with Gasteiger partial charge in [0.1, 0.15) is 6.10 Å². The molecule has 1 N–H and O–H groups in total. The maximum Gasteiger partial charge on any atom is 0.102 e. The fourth-order valence-electron chi connectivity index (χ4n) is 2.17. The van der Waals surface area contributed by atoms with Gasteiger partial charge in [0, 0.05) is 0 Å². The van der Waals surface area contributed by atoms with Gasteiger partial charge in [0.25, 0.3) is 0 Å². The van der Waals surface area contributed by atoms with E-state index in [0.717, 1.165) is 18.4 Å². The molecule has 1 unspecified atom stereocenters. The zero-order valence-corrected chi connectivity index (χ0v) is 9.86. The number of rotatable bonds is 4. The molecule has 1 aliphatic carbocycles. The smallest absolute Gasteiger partial charge is 0.102 e. The lowest BCUT2D eigenvalue weighted by molar-refractivity contribution is -0.00698. The largest absolute Gasteiger partial charge is 0.386 e. The summed E-state index contributed by atoms with van der Waals surface area (Å²) in [4.78, 5) is 0. The molecule has 0 spiro atoms. The predicted molar refractivity (Wildman–Crippen MR) is 64.3 cm³/mol. The number of aryl methyl sites for hydroxylation is 1. The molecule has 0 aliphatic heterocycles. The van der Waals surface area contributed by atoms with E-state index in [1.807, 2.05) is 31.2 Å². The molecule has 0 bridgehead atoms. The first kappa shape index (κ1) is 11.6. The Morgan fingerprint density at radius 3 is 2.50 bits per heavy atom. The maximum atomic E-state index is 9.95. The van der Waals surface area contributed by atoms with Crippen molar-refractivity contribution in [2.75, 3.05) is 6.61 Å². The minimum absolute atomic E-state index is 0.375. The van der Waals surface area contributed by atoms with Gasteiger partial charge in [-0.3, -0.25) is 0 Å². The summed E-state index contributed by atoms with van der Waals surface area (Å²) in [5.74, 6) is 0. The van der Waals surface area contributed by atoms with Crippen LogP contribution in [0.2, 0.25) is 0 Å². The molecule has 1 fully saturated rings. The number of aliphatic hydroxyl groups excluding tert-OH is 1. The van der Waals surface area contributed by atoms with Crippen molar-refractivity contribution in [2.45, 2.75) is 44.8 Å². The van der Waals surface area contributed by atoms with Gasteiger partial charge in [-0.1, -0.05) is 42.7 Å². The topological polar surface area (TPSA) is 29.5 Å². The standard InChI is InChI=1S/C14H20O2/c1-11-6-8-12(9-7-11)14(15)10-16-13-4-2-3-5-13/h6-9,13-15H,2-5,10H2,1H3. The van der Waals surface area contributed by atoms with Crippen molar-refractivity contribution in [1.29, 1.82) is 0 Å². The SMILES string of the molecule is Cc1ccc(C(O)COC2CCCC2)cc1. The quantitative estimate of drug-likeness (QED) is 0.845. The Balaban J connectivity index is 1.82. The van der Waals surface area contributed by atoms with Gasteiger partial charge < -0.3 is 9.84 Å². The van der Waals surface area contributed by atoms with E-state index in [-0.39, 0.29) is 0 Å². The van der Waals surface area contributed by atoms with Gasteiger partial charge in [-0.15, -0.1) is 0 Å². The maximum absolute atomic E-state index is 9.95. The van der Waals surface area contributed by atoms with Crippen LogP contribution in [0.1, 0.15) is 42.9 Å². The predicted octanol–water partition coefficient (Wildman–Crippen LogP) is 2.99. The van der Waals surface area contributed by atoms with E-state index < -0.39 is 6.10 Å². The molecular formula is C14H20O2. The molecule has 1 atom stereocenters. The highest BCUT2D eigenvalue weighted by Gasteiger charge is 2.17. The van der Waals surface area contributed by atoms with E-state index in [1.54, 1.807) is 0 Å². The average Bonchev–Trinajstić information content (AvgIpc) is 2.80. The van der Waals surface area contributed by atoms with E-state index in [2.05, 4.69) is 0 Å². The Morgan fingerprint density at radius 1 is 1.25 bits per heavy atom. The Labute approximate surface area is 97.3 Å². The number of aliphatic hydroxyl groups is 1. The number of benzene rings is 1. The molecule has 2 rings (SSSR count). The van der Waals surface area contributed by atoms with Crippen LogP contribution in [0.4, 0.5) is 0 Å². The summed E-state index contributed by atoms with van der Waals surface area (Å²) in [6.07, 6.45) is 4.74. The van der Waals surface area contributed by atoms with Crippen molar-refractivity contribution in [3.8, 4) is 0 Å². The van der Waals surface area contributed by atoms with Crippen LogP contribution in [-0.4, -0.2) is 17.8 Å². The first-order valence-electron chi connectivity index (χ1n) is 6.12. The molecule has 0 radical (unpaired) electrons. The van der Waals surface area contributed by atoms with Crippen LogP contribution in [0, 0.1) is 6.92 Å². The summed E-state index contributed by atoms with van der Waals surface area (Å²) in [5.41, 5.74) is 2.16. The van der Waals surface area contributed by atoms with Crippen LogP contribution in [0.15, 0.2) is 24.3 Å². The van der Waals surface area contributed by atoms with Crippen molar-refractivity contribution in [3.05, 3.63) is 35.4 Å². The molecule has 2 nitrogen and oxygen atoms in total. The second-order valence-electron chi connectivity index (χ2n) is 4.67. The molecule has 1 aromatic rings. The molecule has 1 saturated carbocycles. The van der Waals surface area contributed by atoms with Gasteiger partial charge in [-0.05, 0) is 25.3 Å². The number of hydrogen-bond donors (Lipinski definition) is 1. The van der Waals surface area contributed by atoms with Crippen molar-refractivity contribution < 1.29 is 9.84 Å². The number of ether oxygens (including phenoxy) is 1. The molecule has 0 saturated heterocycles. The lowest BCUT2D eigenvalue weighted by atomic mass is 10.1. The highest BCUT2D eigenvalue weighted by molar-refractivity contribution is 5.23. The Kier molecular flexibility index (Phi) is 3.97. The molecule has 0 heterocycles. The zero-order valence-electron chi connectivity index (χ0n) is 9.86. The zero-order chi connectivity index (χ0) is 11.4. The fraction of sp³-hybridized carbons (Fsp3) is 0.571. The second-order valence-corrected chi connectivity index (χ2v) is 4.67. The Hall–Kier alpha value is -0.860. The van der Waals surface area contributed by atoms with Crippen LogP contribution in [0.25, 0.3) is 0 Å². The normalized spacial score (nSPS) is 18.9. The third-order valence-electron chi connectivity index (χ3n) is 3.25. The molecule has 1 aliphatic rings. The average molecular weight is 220 g/mol. The van der Waals surface area contributed by atoms with Crippen molar-refractivity contribution in [1.82, 2.24) is 0 Å². The Bertz CT molecular complexity index is 312. The van der Waals surface area contributed by atoms with Gasteiger partial charge in [0.2, 0.25) is 0 Å². The summed E-state index contributed by atoms with van der Waals surface area (Å²) in [7, 11) is 0. The lowest BCUT2D eigenvalue weighted by Crippen LogP contribution is -2.14. The summed E-state index contributed by atoms with van der Waals surface area (Å²) < 4.78 is 5.70. The molecule has 88 valence electrons. The van der Waals surface area contributed by atoms with Gasteiger partial charge >= 0.3 is 0 Å². The second kappa shape index (κ2) is 5.46. The van der Waals surface area contributed by atoms with Crippen molar-refractivity contribution >= 4 is 0 Å². The van der Waals surface area contributed by atoms with Gasteiger partial charge in [0.15, 0.2) is 0 Å². The first-order valence-corrected chi connectivity index (χ1v) is 6.12. The van der Waals surface area contributed by atoms with E-state index in [1.165, 1.54) is 18.4 Å². The van der Waals surface area contributed by atoms with Crippen LogP contribution >= 0.6 is 0 Å². The third kappa shape index (κ3) is 3.06. The molecule has 2 heteroatoms. The summed E-state index contributed by atoms with van der Waals surface area (Å²) >= 11 is 0. The van der Waals surface area contributed by atoms with E-state index >= 15 is 0 Å². The van der Waals surface area contributed by atoms with Crippen LogP contribution in [-0.2, 0) is 4.74 Å². The molecule has 16 heavy (non-hydrogen) atoms. The highest BCUT2D eigenvalue weighted by Crippen LogP contribution is 2.23. The van der Waals surface area contributed by atoms with E-state index in [0.29, 0.717) is 12.7 Å². The molecule has 1 aromatic carbocycles. The highest BCUT2D eigenvalue weighted by atomic mass is 16.5. The van der Waals surface area contributed by atoms with Crippen molar-refractivity contribution in [2.24, 2.45) is 0 Å². The summed E-state index contributed by atoms with van der Waals surface area (Å²) in [5, 5.41) is 9.95. The van der Waals surface area contributed by atoms with E-state index in [4.69, 9.17) is 4.74 Å². The molecule has 0 amide bonds. The summed E-state index contributed by atoms with van der Waals surface area (Å²) in [6, 6.07) is 7.98. The third-order valence-corrected chi connectivity index (χ3v) is 3.25. The monoisotopic (exact) mass is 220 g/mol. The summed E-state index contributed by atoms with van der Waals surface area (Å²) in [6.45, 7) is 2.47. The minimum Gasteiger partial charge on any atom is -0.386 e. The number of hydrogen-bond acceptors (Lipinski definition) is 2. The van der Waals surface area contributed by atoms with Crippen LogP contribution in [0.3, 0.4) is 0 Å². The van der Waals surface area contributed by atoms with Crippen LogP contribution < -0.4 is 0 Å². The molecular weight excluding hydrogens is 200 g/mol. The van der Waals surface area contributed by atoms with Gasteiger partial charge in [-0.25, -0.2) is 0 Å². The Morgan fingerprint density at radius 2 is 1.88 bits per heavy atom. The lowest BCUT2D eigenvalue weighted by Gasteiger charge is -2.15. The van der Waals surface area contributed by atoms with Crippen molar-refractivity contribution in [3.63, 3.8) is 0 Å². The van der Waals surface area contributed by atoms with Crippen LogP contribution in [0.5, 0.6) is 0 Å².